The molecule has 3 nitrogen and oxygen atoms in total. The minimum absolute atomic E-state index is 0.328. The molecule has 0 saturated heterocycles. The average Bonchev–Trinajstić information content (AvgIpc) is 2.39. The second-order valence-electron chi connectivity index (χ2n) is 4.03. The molecule has 2 aromatic rings. The number of ether oxygens (including phenoxy) is 1. The Morgan fingerprint density at radius 1 is 1.26 bits per heavy atom. The zero-order chi connectivity index (χ0) is 13.8. The summed E-state index contributed by atoms with van der Waals surface area (Å²) in [7, 11) is 0. The Labute approximate surface area is 120 Å². The van der Waals surface area contributed by atoms with Gasteiger partial charge in [0.15, 0.2) is 0 Å². The van der Waals surface area contributed by atoms with Crippen LogP contribution >= 0.6 is 15.9 Å². The van der Waals surface area contributed by atoms with Crippen molar-refractivity contribution >= 4 is 21.9 Å². The maximum Gasteiger partial charge on any atom is 0.339 e. The number of aromatic nitrogens is 1. The SMILES string of the molecule is CCOC(=O)c1ccc(-c2ccccc2Br)nc1C. The summed E-state index contributed by atoms with van der Waals surface area (Å²) in [5.41, 5.74) is 3.02. The van der Waals surface area contributed by atoms with E-state index in [2.05, 4.69) is 20.9 Å². The first-order valence-corrected chi connectivity index (χ1v) is 6.82. The van der Waals surface area contributed by atoms with Gasteiger partial charge in [-0.25, -0.2) is 4.79 Å². The van der Waals surface area contributed by atoms with Gasteiger partial charge < -0.3 is 4.74 Å². The topological polar surface area (TPSA) is 39.2 Å². The summed E-state index contributed by atoms with van der Waals surface area (Å²) in [5, 5.41) is 0. The van der Waals surface area contributed by atoms with Crippen LogP contribution in [0.4, 0.5) is 0 Å². The summed E-state index contributed by atoms with van der Waals surface area (Å²) in [6.07, 6.45) is 0. The summed E-state index contributed by atoms with van der Waals surface area (Å²) in [6, 6.07) is 11.4. The molecule has 0 aliphatic rings. The first-order chi connectivity index (χ1) is 9.13. The van der Waals surface area contributed by atoms with Crippen LogP contribution in [0.1, 0.15) is 23.0 Å². The van der Waals surface area contributed by atoms with Gasteiger partial charge in [-0.2, -0.15) is 0 Å². The lowest BCUT2D eigenvalue weighted by atomic mass is 10.1. The van der Waals surface area contributed by atoms with Crippen molar-refractivity contribution in [1.29, 1.82) is 0 Å². The van der Waals surface area contributed by atoms with E-state index in [1.165, 1.54) is 0 Å². The van der Waals surface area contributed by atoms with Gasteiger partial charge in [0.25, 0.3) is 0 Å². The third-order valence-corrected chi connectivity index (χ3v) is 3.42. The van der Waals surface area contributed by atoms with E-state index in [-0.39, 0.29) is 5.97 Å². The van der Waals surface area contributed by atoms with E-state index < -0.39 is 0 Å². The van der Waals surface area contributed by atoms with Crippen LogP contribution in [0, 0.1) is 6.92 Å². The fraction of sp³-hybridized carbons (Fsp3) is 0.200. The molecule has 0 bridgehead atoms. The number of hydrogen-bond acceptors (Lipinski definition) is 3. The number of hydrogen-bond donors (Lipinski definition) is 0. The lowest BCUT2D eigenvalue weighted by molar-refractivity contribution is 0.0525. The highest BCUT2D eigenvalue weighted by atomic mass is 79.9. The smallest absolute Gasteiger partial charge is 0.339 e. The molecule has 0 radical (unpaired) electrons. The summed E-state index contributed by atoms with van der Waals surface area (Å²) in [6.45, 7) is 3.97. The molecule has 0 fully saturated rings. The molecule has 0 aliphatic carbocycles. The molecule has 0 spiro atoms. The first-order valence-electron chi connectivity index (χ1n) is 6.03. The fourth-order valence-electron chi connectivity index (χ4n) is 1.80. The van der Waals surface area contributed by atoms with Gasteiger partial charge in [-0.05, 0) is 32.0 Å². The van der Waals surface area contributed by atoms with E-state index in [1.54, 1.807) is 13.0 Å². The molecule has 98 valence electrons. The highest BCUT2D eigenvalue weighted by molar-refractivity contribution is 9.10. The Morgan fingerprint density at radius 3 is 2.63 bits per heavy atom. The van der Waals surface area contributed by atoms with Crippen molar-refractivity contribution in [2.75, 3.05) is 6.61 Å². The van der Waals surface area contributed by atoms with Crippen LogP contribution < -0.4 is 0 Å². The van der Waals surface area contributed by atoms with Crippen molar-refractivity contribution in [2.45, 2.75) is 13.8 Å². The Balaban J connectivity index is 2.39. The Hall–Kier alpha value is -1.68. The normalized spacial score (nSPS) is 10.3. The minimum Gasteiger partial charge on any atom is -0.462 e. The highest BCUT2D eigenvalue weighted by Crippen LogP contribution is 2.27. The number of carbonyl (C=O) groups excluding carboxylic acids is 1. The Kier molecular flexibility index (Phi) is 4.32. The summed E-state index contributed by atoms with van der Waals surface area (Å²) in [4.78, 5) is 16.2. The number of halogens is 1. The monoisotopic (exact) mass is 319 g/mol. The first kappa shape index (κ1) is 13.7. The van der Waals surface area contributed by atoms with Crippen LogP contribution in [-0.2, 0) is 4.74 Å². The second-order valence-corrected chi connectivity index (χ2v) is 4.88. The van der Waals surface area contributed by atoms with Gasteiger partial charge in [0, 0.05) is 10.0 Å². The third-order valence-electron chi connectivity index (χ3n) is 2.73. The van der Waals surface area contributed by atoms with E-state index in [0.717, 1.165) is 15.7 Å². The van der Waals surface area contributed by atoms with Crippen molar-refractivity contribution in [2.24, 2.45) is 0 Å². The summed E-state index contributed by atoms with van der Waals surface area (Å²) in [5.74, 6) is -0.328. The Morgan fingerprint density at radius 2 is 2.00 bits per heavy atom. The molecule has 0 aliphatic heterocycles. The van der Waals surface area contributed by atoms with Crippen LogP contribution in [-0.4, -0.2) is 17.6 Å². The van der Waals surface area contributed by atoms with Gasteiger partial charge in [0.2, 0.25) is 0 Å². The number of benzene rings is 1. The van der Waals surface area contributed by atoms with E-state index in [9.17, 15) is 4.79 Å². The van der Waals surface area contributed by atoms with E-state index >= 15 is 0 Å². The van der Waals surface area contributed by atoms with Gasteiger partial charge in [-0.15, -0.1) is 0 Å². The van der Waals surface area contributed by atoms with Crippen molar-refractivity contribution < 1.29 is 9.53 Å². The average molecular weight is 320 g/mol. The van der Waals surface area contributed by atoms with Gasteiger partial charge in [-0.3, -0.25) is 4.98 Å². The number of aryl methyl sites for hydroxylation is 1. The zero-order valence-electron chi connectivity index (χ0n) is 10.8. The molecule has 0 atom stereocenters. The van der Waals surface area contributed by atoms with E-state index in [0.29, 0.717) is 17.9 Å². The molecule has 0 saturated carbocycles. The number of rotatable bonds is 3. The molecule has 1 aromatic carbocycles. The van der Waals surface area contributed by atoms with Crippen LogP contribution in [0.3, 0.4) is 0 Å². The number of carbonyl (C=O) groups is 1. The summed E-state index contributed by atoms with van der Waals surface area (Å²) < 4.78 is 5.97. The van der Waals surface area contributed by atoms with Gasteiger partial charge >= 0.3 is 5.97 Å². The van der Waals surface area contributed by atoms with E-state index in [1.807, 2.05) is 37.3 Å². The lowest BCUT2D eigenvalue weighted by Crippen LogP contribution is -2.08. The molecule has 1 aromatic heterocycles. The minimum atomic E-state index is -0.328. The van der Waals surface area contributed by atoms with Gasteiger partial charge in [0.1, 0.15) is 0 Å². The van der Waals surface area contributed by atoms with Crippen molar-refractivity contribution in [3.05, 3.63) is 52.1 Å². The molecule has 1 heterocycles. The molecule has 4 heteroatoms. The quantitative estimate of drug-likeness (QED) is 0.803. The predicted molar refractivity (Wildman–Crippen MR) is 78.1 cm³/mol. The van der Waals surface area contributed by atoms with Crippen molar-refractivity contribution in [3.63, 3.8) is 0 Å². The highest BCUT2D eigenvalue weighted by Gasteiger charge is 2.12. The maximum atomic E-state index is 11.7. The number of esters is 1. The molecule has 0 N–H and O–H groups in total. The van der Waals surface area contributed by atoms with Crippen molar-refractivity contribution in [3.8, 4) is 11.3 Å². The number of pyridine rings is 1. The van der Waals surface area contributed by atoms with Crippen molar-refractivity contribution in [1.82, 2.24) is 4.98 Å². The van der Waals surface area contributed by atoms with Gasteiger partial charge in [-0.1, -0.05) is 34.1 Å². The molecule has 19 heavy (non-hydrogen) atoms. The molecule has 0 unspecified atom stereocenters. The van der Waals surface area contributed by atoms with Gasteiger partial charge in [0.05, 0.1) is 23.6 Å². The van der Waals surface area contributed by atoms with Crippen LogP contribution in [0.25, 0.3) is 11.3 Å². The largest absolute Gasteiger partial charge is 0.462 e. The third kappa shape index (κ3) is 3.01. The van der Waals surface area contributed by atoms with Crippen LogP contribution in [0.15, 0.2) is 40.9 Å². The summed E-state index contributed by atoms with van der Waals surface area (Å²) >= 11 is 3.50. The van der Waals surface area contributed by atoms with Crippen LogP contribution in [0.5, 0.6) is 0 Å². The predicted octanol–water partition coefficient (Wildman–Crippen LogP) is 4.00. The molecule has 0 amide bonds. The maximum absolute atomic E-state index is 11.7. The fourth-order valence-corrected chi connectivity index (χ4v) is 2.29. The molecular weight excluding hydrogens is 306 g/mol. The Bertz CT molecular complexity index is 611. The molecular formula is C15H14BrNO2. The second kappa shape index (κ2) is 5.97. The van der Waals surface area contributed by atoms with E-state index in [4.69, 9.17) is 4.74 Å². The standard InChI is InChI=1S/C15H14BrNO2/c1-3-19-15(18)11-8-9-14(17-10(11)2)12-6-4-5-7-13(12)16/h4-9H,3H2,1-2H3. The number of nitrogens with zero attached hydrogens (tertiary/aromatic N) is 1. The lowest BCUT2D eigenvalue weighted by Gasteiger charge is -2.08. The molecule has 2 rings (SSSR count). The zero-order valence-corrected chi connectivity index (χ0v) is 12.4. The van der Waals surface area contributed by atoms with Crippen LogP contribution in [0.2, 0.25) is 0 Å².